The maximum absolute atomic E-state index is 12.2. The summed E-state index contributed by atoms with van der Waals surface area (Å²) in [4.78, 5) is 19.4. The lowest BCUT2D eigenvalue weighted by atomic mass is 10.2. The summed E-state index contributed by atoms with van der Waals surface area (Å²) >= 11 is 5.23. The number of aryl methyl sites for hydroxylation is 1. The minimum absolute atomic E-state index is 0.0869. The van der Waals surface area contributed by atoms with E-state index in [-0.39, 0.29) is 5.69 Å². The number of unbranched alkanes of at least 4 members (excludes halogenated alkanes) is 3. The average Bonchev–Trinajstić information content (AvgIpc) is 2.84. The van der Waals surface area contributed by atoms with Gasteiger partial charge in [0.15, 0.2) is 5.65 Å². The minimum atomic E-state index is -0.0869. The molecule has 0 bridgehead atoms. The van der Waals surface area contributed by atoms with E-state index in [1.54, 1.807) is 17.9 Å². The third kappa shape index (κ3) is 2.25. The molecule has 0 spiro atoms. The molecule has 1 N–H and O–H groups in total. The molecule has 0 saturated heterocycles. The molecular weight excluding hydrogens is 248 g/mol. The fourth-order valence-corrected chi connectivity index (χ4v) is 2.30. The fourth-order valence-electron chi connectivity index (χ4n) is 2.07. The van der Waals surface area contributed by atoms with Gasteiger partial charge in [-0.25, -0.2) is 9.78 Å². The highest BCUT2D eigenvalue weighted by Crippen LogP contribution is 2.09. The zero-order valence-electron chi connectivity index (χ0n) is 10.8. The summed E-state index contributed by atoms with van der Waals surface area (Å²) in [6.45, 7) is 2.87. The Morgan fingerprint density at radius 1 is 1.39 bits per heavy atom. The molecule has 0 fully saturated rings. The second-order valence-corrected chi connectivity index (χ2v) is 4.85. The Morgan fingerprint density at radius 2 is 2.17 bits per heavy atom. The van der Waals surface area contributed by atoms with Crippen molar-refractivity contribution in [2.75, 3.05) is 0 Å². The van der Waals surface area contributed by atoms with Crippen molar-refractivity contribution in [3.05, 3.63) is 21.5 Å². The van der Waals surface area contributed by atoms with Crippen molar-refractivity contribution in [1.82, 2.24) is 19.1 Å². The van der Waals surface area contributed by atoms with E-state index in [1.165, 1.54) is 17.4 Å². The summed E-state index contributed by atoms with van der Waals surface area (Å²) in [7, 11) is 1.70. The molecule has 98 valence electrons. The molecule has 0 amide bonds. The molecule has 2 aromatic heterocycles. The Bertz CT molecular complexity index is 652. The smallest absolute Gasteiger partial charge is 0.330 e. The Hall–Kier alpha value is -1.43. The largest absolute Gasteiger partial charge is 0.341 e. The number of aromatic amines is 1. The maximum Gasteiger partial charge on any atom is 0.330 e. The number of hydrogen-bond donors (Lipinski definition) is 1. The first-order valence-corrected chi connectivity index (χ1v) is 6.70. The third-order valence-corrected chi connectivity index (χ3v) is 3.62. The van der Waals surface area contributed by atoms with Crippen LogP contribution in [0, 0.1) is 4.64 Å². The van der Waals surface area contributed by atoms with Crippen LogP contribution < -0.4 is 5.69 Å². The quantitative estimate of drug-likeness (QED) is 0.667. The Balaban J connectivity index is 2.40. The first kappa shape index (κ1) is 13.0. The highest BCUT2D eigenvalue weighted by molar-refractivity contribution is 7.71. The van der Waals surface area contributed by atoms with Gasteiger partial charge in [0.1, 0.15) is 10.2 Å². The van der Waals surface area contributed by atoms with Crippen LogP contribution in [0.4, 0.5) is 0 Å². The number of H-pyrrole nitrogens is 1. The van der Waals surface area contributed by atoms with Crippen LogP contribution in [0.5, 0.6) is 0 Å². The topological polar surface area (TPSA) is 55.6 Å². The highest BCUT2D eigenvalue weighted by atomic mass is 32.1. The van der Waals surface area contributed by atoms with Gasteiger partial charge in [-0.3, -0.25) is 9.13 Å². The van der Waals surface area contributed by atoms with Crippen LogP contribution in [0.15, 0.2) is 11.1 Å². The van der Waals surface area contributed by atoms with Crippen LogP contribution in [0.2, 0.25) is 0 Å². The predicted molar refractivity (Wildman–Crippen MR) is 74.3 cm³/mol. The van der Waals surface area contributed by atoms with Crippen molar-refractivity contribution in [2.45, 2.75) is 39.2 Å². The summed E-state index contributed by atoms with van der Waals surface area (Å²) in [6, 6.07) is 0. The number of hydrogen-bond acceptors (Lipinski definition) is 3. The fraction of sp³-hybridized carbons (Fsp3) is 0.583. The zero-order chi connectivity index (χ0) is 13.1. The summed E-state index contributed by atoms with van der Waals surface area (Å²) < 4.78 is 3.71. The van der Waals surface area contributed by atoms with Gasteiger partial charge in [0.2, 0.25) is 0 Å². The number of rotatable bonds is 5. The van der Waals surface area contributed by atoms with Crippen LogP contribution in [0.25, 0.3) is 11.2 Å². The molecule has 0 aliphatic carbocycles. The Morgan fingerprint density at radius 3 is 2.89 bits per heavy atom. The van der Waals surface area contributed by atoms with Gasteiger partial charge in [0.05, 0.1) is 6.33 Å². The van der Waals surface area contributed by atoms with E-state index in [0.717, 1.165) is 18.4 Å². The summed E-state index contributed by atoms with van der Waals surface area (Å²) in [5.41, 5.74) is 1.35. The second kappa shape index (κ2) is 5.48. The van der Waals surface area contributed by atoms with Crippen molar-refractivity contribution in [2.24, 2.45) is 7.05 Å². The molecule has 5 nitrogen and oxygen atoms in total. The van der Waals surface area contributed by atoms with Crippen LogP contribution >= 0.6 is 12.2 Å². The lowest BCUT2D eigenvalue weighted by Crippen LogP contribution is -2.30. The van der Waals surface area contributed by atoms with E-state index in [2.05, 4.69) is 16.9 Å². The molecule has 0 atom stereocenters. The van der Waals surface area contributed by atoms with Gasteiger partial charge in [-0.05, 0) is 6.42 Å². The molecule has 0 saturated carbocycles. The summed E-state index contributed by atoms with van der Waals surface area (Å²) in [5.74, 6) is 0. The van der Waals surface area contributed by atoms with Gasteiger partial charge in [-0.2, -0.15) is 0 Å². The highest BCUT2D eigenvalue weighted by Gasteiger charge is 2.10. The van der Waals surface area contributed by atoms with Crippen LogP contribution in [-0.4, -0.2) is 19.1 Å². The average molecular weight is 266 g/mol. The lowest BCUT2D eigenvalue weighted by Gasteiger charge is -2.09. The predicted octanol–water partition coefficient (Wildman–Crippen LogP) is 2.37. The molecule has 0 aliphatic heterocycles. The second-order valence-electron chi connectivity index (χ2n) is 4.46. The molecule has 2 aromatic rings. The van der Waals surface area contributed by atoms with E-state index in [0.29, 0.717) is 16.8 Å². The number of nitrogens with zero attached hydrogens (tertiary/aromatic N) is 3. The van der Waals surface area contributed by atoms with E-state index in [1.807, 2.05) is 0 Å². The standard InChI is InChI=1S/C12H18N4OS/c1-3-4-5-6-7-16-10-9(13-8-14-10)11(18)15(2)12(16)17/h8H,3-7H2,1-2H3,(H,13,14). The zero-order valence-corrected chi connectivity index (χ0v) is 11.6. The first-order chi connectivity index (χ1) is 8.66. The van der Waals surface area contributed by atoms with Crippen molar-refractivity contribution >= 4 is 23.4 Å². The number of imidazole rings is 1. The third-order valence-electron chi connectivity index (χ3n) is 3.15. The Labute approximate surface area is 110 Å². The van der Waals surface area contributed by atoms with Gasteiger partial charge in [0, 0.05) is 13.6 Å². The van der Waals surface area contributed by atoms with Gasteiger partial charge < -0.3 is 4.98 Å². The molecule has 2 heterocycles. The normalized spacial score (nSPS) is 11.2. The number of aromatic nitrogens is 4. The summed E-state index contributed by atoms with van der Waals surface area (Å²) in [6.07, 6.45) is 6.10. The van der Waals surface area contributed by atoms with E-state index in [9.17, 15) is 4.79 Å². The van der Waals surface area contributed by atoms with Crippen molar-refractivity contribution in [3.8, 4) is 0 Å². The molecule has 18 heavy (non-hydrogen) atoms. The number of nitrogens with one attached hydrogen (secondary N) is 1. The summed E-state index contributed by atoms with van der Waals surface area (Å²) in [5, 5.41) is 0. The van der Waals surface area contributed by atoms with Crippen molar-refractivity contribution < 1.29 is 0 Å². The first-order valence-electron chi connectivity index (χ1n) is 6.29. The minimum Gasteiger partial charge on any atom is -0.341 e. The van der Waals surface area contributed by atoms with Crippen LogP contribution in [0.1, 0.15) is 32.6 Å². The molecule has 0 aliphatic rings. The van der Waals surface area contributed by atoms with E-state index >= 15 is 0 Å². The lowest BCUT2D eigenvalue weighted by molar-refractivity contribution is 0.556. The van der Waals surface area contributed by atoms with Gasteiger partial charge in [-0.1, -0.05) is 38.4 Å². The molecule has 0 radical (unpaired) electrons. The molecule has 2 rings (SSSR count). The monoisotopic (exact) mass is 266 g/mol. The number of fused-ring (bicyclic) bond motifs is 1. The molecule has 0 aromatic carbocycles. The van der Waals surface area contributed by atoms with Crippen LogP contribution in [0.3, 0.4) is 0 Å². The van der Waals surface area contributed by atoms with Gasteiger partial charge >= 0.3 is 5.69 Å². The SMILES string of the molecule is CCCCCCn1c(=O)n(C)c(=S)c2[nH]cnc21. The molecular formula is C12H18N4OS. The molecule has 0 unspecified atom stereocenters. The van der Waals surface area contributed by atoms with E-state index < -0.39 is 0 Å². The maximum atomic E-state index is 12.2. The van der Waals surface area contributed by atoms with Crippen molar-refractivity contribution in [1.29, 1.82) is 0 Å². The van der Waals surface area contributed by atoms with E-state index in [4.69, 9.17) is 12.2 Å². The van der Waals surface area contributed by atoms with Crippen molar-refractivity contribution in [3.63, 3.8) is 0 Å². The molecule has 6 heteroatoms. The van der Waals surface area contributed by atoms with Crippen LogP contribution in [-0.2, 0) is 13.6 Å². The van der Waals surface area contributed by atoms with Gasteiger partial charge in [-0.15, -0.1) is 0 Å². The van der Waals surface area contributed by atoms with Gasteiger partial charge in [0.25, 0.3) is 0 Å². The Kier molecular flexibility index (Phi) is 3.96.